The zero-order valence-corrected chi connectivity index (χ0v) is 12.4. The summed E-state index contributed by atoms with van der Waals surface area (Å²) in [5.74, 6) is 3.01. The zero-order chi connectivity index (χ0) is 13.9. The lowest BCUT2D eigenvalue weighted by atomic mass is 9.93. The van der Waals surface area contributed by atoms with Crippen LogP contribution in [0.1, 0.15) is 44.3 Å². The Bertz CT molecular complexity index is 488. The van der Waals surface area contributed by atoms with Crippen LogP contribution in [0.2, 0.25) is 0 Å². The van der Waals surface area contributed by atoms with Crippen molar-refractivity contribution in [1.82, 2.24) is 25.4 Å². The first-order valence-electron chi connectivity index (χ1n) is 7.71. The van der Waals surface area contributed by atoms with Gasteiger partial charge >= 0.3 is 0 Å². The first-order chi connectivity index (χ1) is 9.78. The van der Waals surface area contributed by atoms with Crippen LogP contribution in [0.4, 0.5) is 0 Å². The fourth-order valence-electron chi connectivity index (χ4n) is 2.74. The molecule has 1 saturated carbocycles. The molecule has 2 N–H and O–H groups in total. The highest BCUT2D eigenvalue weighted by molar-refractivity contribution is 5.80. The summed E-state index contributed by atoms with van der Waals surface area (Å²) in [5.41, 5.74) is 0. The van der Waals surface area contributed by atoms with Crippen LogP contribution < -0.4 is 10.6 Å². The second-order valence-electron chi connectivity index (χ2n) is 5.70. The molecule has 0 aromatic carbocycles. The van der Waals surface area contributed by atoms with Crippen molar-refractivity contribution in [3.63, 3.8) is 0 Å². The second-order valence-corrected chi connectivity index (χ2v) is 5.70. The van der Waals surface area contributed by atoms with E-state index in [-0.39, 0.29) is 0 Å². The number of rotatable bonds is 3. The van der Waals surface area contributed by atoms with Gasteiger partial charge in [-0.1, -0.05) is 6.92 Å². The van der Waals surface area contributed by atoms with Gasteiger partial charge < -0.3 is 10.6 Å². The Balaban J connectivity index is 1.58. The molecule has 1 atom stereocenters. The number of aromatic nitrogens is 3. The first-order valence-corrected chi connectivity index (χ1v) is 7.71. The van der Waals surface area contributed by atoms with Crippen molar-refractivity contribution >= 4 is 5.96 Å². The fraction of sp³-hybridized carbons (Fsp3) is 0.786. The lowest BCUT2D eigenvalue weighted by Crippen LogP contribution is -2.51. The minimum absolute atomic E-state index is 0.389. The van der Waals surface area contributed by atoms with E-state index in [2.05, 4.69) is 37.3 Å². The van der Waals surface area contributed by atoms with Crippen LogP contribution in [-0.2, 0) is 19.4 Å². The number of hydrogen-bond acceptors (Lipinski definition) is 3. The van der Waals surface area contributed by atoms with E-state index < -0.39 is 0 Å². The molecule has 0 saturated heterocycles. The summed E-state index contributed by atoms with van der Waals surface area (Å²) in [7, 11) is 1.84. The number of fused-ring (bicyclic) bond motifs is 1. The Labute approximate surface area is 120 Å². The molecule has 1 aliphatic carbocycles. The predicted molar refractivity (Wildman–Crippen MR) is 78.8 cm³/mol. The molecule has 20 heavy (non-hydrogen) atoms. The lowest BCUT2D eigenvalue weighted by molar-refractivity contribution is 0.363. The Kier molecular flexibility index (Phi) is 3.89. The maximum Gasteiger partial charge on any atom is 0.191 e. The van der Waals surface area contributed by atoms with Gasteiger partial charge in [-0.05, 0) is 25.7 Å². The number of aliphatic imine (C=N–C) groups is 1. The standard InChI is InChI=1S/C14H24N6/c1-3-12-18-13-8-7-11(9-20(13)19-12)17-14(15-2)16-10-5-4-6-10/h10-11H,3-9H2,1-2H3,(H2,15,16,17). The molecule has 0 radical (unpaired) electrons. The quantitative estimate of drug-likeness (QED) is 0.635. The third kappa shape index (κ3) is 2.78. The van der Waals surface area contributed by atoms with Crippen molar-refractivity contribution in [2.45, 2.75) is 64.1 Å². The van der Waals surface area contributed by atoms with Crippen LogP contribution in [0.5, 0.6) is 0 Å². The Hall–Kier alpha value is -1.59. The molecular formula is C14H24N6. The van der Waals surface area contributed by atoms with Crippen molar-refractivity contribution < 1.29 is 0 Å². The number of aryl methyl sites for hydroxylation is 2. The van der Waals surface area contributed by atoms with Gasteiger partial charge in [0.2, 0.25) is 0 Å². The zero-order valence-electron chi connectivity index (χ0n) is 12.4. The highest BCUT2D eigenvalue weighted by Crippen LogP contribution is 2.18. The molecule has 1 aromatic rings. The smallest absolute Gasteiger partial charge is 0.191 e. The average molecular weight is 276 g/mol. The number of nitrogens with zero attached hydrogens (tertiary/aromatic N) is 4. The van der Waals surface area contributed by atoms with E-state index >= 15 is 0 Å². The highest BCUT2D eigenvalue weighted by atomic mass is 15.4. The normalized spacial score (nSPS) is 23.1. The summed E-state index contributed by atoms with van der Waals surface area (Å²) in [6, 6.07) is 0.999. The van der Waals surface area contributed by atoms with Crippen LogP contribution in [0.15, 0.2) is 4.99 Å². The van der Waals surface area contributed by atoms with Gasteiger partial charge in [0, 0.05) is 32.0 Å². The maximum absolute atomic E-state index is 4.55. The SMILES string of the molecule is CCc1nc2n(n1)CC(NC(=NC)NC1CCC1)CC2. The van der Waals surface area contributed by atoms with Gasteiger partial charge in [-0.25, -0.2) is 9.67 Å². The van der Waals surface area contributed by atoms with Gasteiger partial charge in [0.05, 0.1) is 6.54 Å². The fourth-order valence-corrected chi connectivity index (χ4v) is 2.74. The van der Waals surface area contributed by atoms with Gasteiger partial charge in [-0.15, -0.1) is 0 Å². The van der Waals surface area contributed by atoms with E-state index in [9.17, 15) is 0 Å². The second kappa shape index (κ2) is 5.81. The third-order valence-corrected chi connectivity index (χ3v) is 4.23. The van der Waals surface area contributed by atoms with E-state index in [1.165, 1.54) is 19.3 Å². The Morgan fingerprint density at radius 1 is 1.30 bits per heavy atom. The van der Waals surface area contributed by atoms with Crippen LogP contribution in [-0.4, -0.2) is 39.9 Å². The van der Waals surface area contributed by atoms with Crippen LogP contribution in [0, 0.1) is 0 Å². The molecule has 1 unspecified atom stereocenters. The van der Waals surface area contributed by atoms with Crippen molar-refractivity contribution in [2.75, 3.05) is 7.05 Å². The summed E-state index contributed by atoms with van der Waals surface area (Å²) < 4.78 is 2.05. The molecule has 0 bridgehead atoms. The predicted octanol–water partition coefficient (Wildman–Crippen LogP) is 0.873. The molecule has 0 amide bonds. The summed E-state index contributed by atoms with van der Waals surface area (Å²) in [5, 5.41) is 11.6. The molecular weight excluding hydrogens is 252 g/mol. The molecule has 2 aliphatic rings. The van der Waals surface area contributed by atoms with Crippen LogP contribution in [0.25, 0.3) is 0 Å². The van der Waals surface area contributed by atoms with Crippen LogP contribution in [0.3, 0.4) is 0 Å². The third-order valence-electron chi connectivity index (χ3n) is 4.23. The number of nitrogens with one attached hydrogen (secondary N) is 2. The van der Waals surface area contributed by atoms with Crippen molar-refractivity contribution in [3.8, 4) is 0 Å². The molecule has 6 nitrogen and oxygen atoms in total. The van der Waals surface area contributed by atoms with E-state index in [0.29, 0.717) is 12.1 Å². The lowest BCUT2D eigenvalue weighted by Gasteiger charge is -2.31. The number of guanidine groups is 1. The molecule has 1 aromatic heterocycles. The Morgan fingerprint density at radius 2 is 2.10 bits per heavy atom. The molecule has 1 aliphatic heterocycles. The molecule has 2 heterocycles. The van der Waals surface area contributed by atoms with Gasteiger partial charge in [-0.2, -0.15) is 5.10 Å². The van der Waals surface area contributed by atoms with Gasteiger partial charge in [0.15, 0.2) is 11.8 Å². The van der Waals surface area contributed by atoms with E-state index in [1.807, 2.05) is 7.05 Å². The average Bonchev–Trinajstić information content (AvgIpc) is 2.83. The largest absolute Gasteiger partial charge is 0.354 e. The molecule has 6 heteroatoms. The monoisotopic (exact) mass is 276 g/mol. The maximum atomic E-state index is 4.55. The Morgan fingerprint density at radius 3 is 2.75 bits per heavy atom. The van der Waals surface area contributed by atoms with Crippen molar-refractivity contribution in [2.24, 2.45) is 4.99 Å². The van der Waals surface area contributed by atoms with E-state index in [1.54, 1.807) is 0 Å². The van der Waals surface area contributed by atoms with Gasteiger partial charge in [-0.3, -0.25) is 4.99 Å². The summed E-state index contributed by atoms with van der Waals surface area (Å²) in [6.07, 6.45) is 6.85. The van der Waals surface area contributed by atoms with E-state index in [0.717, 1.165) is 43.4 Å². The summed E-state index contributed by atoms with van der Waals surface area (Å²) in [4.78, 5) is 8.88. The highest BCUT2D eigenvalue weighted by Gasteiger charge is 2.24. The molecule has 1 fully saturated rings. The molecule has 110 valence electrons. The summed E-state index contributed by atoms with van der Waals surface area (Å²) in [6.45, 7) is 2.98. The van der Waals surface area contributed by atoms with Gasteiger partial charge in [0.25, 0.3) is 0 Å². The topological polar surface area (TPSA) is 67.1 Å². The molecule has 3 rings (SSSR count). The van der Waals surface area contributed by atoms with Crippen LogP contribution >= 0.6 is 0 Å². The number of hydrogen-bond donors (Lipinski definition) is 2. The first kappa shape index (κ1) is 13.4. The minimum Gasteiger partial charge on any atom is -0.354 e. The molecule has 0 spiro atoms. The van der Waals surface area contributed by atoms with E-state index in [4.69, 9.17) is 0 Å². The minimum atomic E-state index is 0.389. The van der Waals surface area contributed by atoms with Crippen molar-refractivity contribution in [3.05, 3.63) is 11.6 Å². The summed E-state index contributed by atoms with van der Waals surface area (Å²) >= 11 is 0. The van der Waals surface area contributed by atoms with Gasteiger partial charge in [0.1, 0.15) is 5.82 Å². The van der Waals surface area contributed by atoms with Crippen molar-refractivity contribution in [1.29, 1.82) is 0 Å².